The van der Waals surface area contributed by atoms with Crippen molar-refractivity contribution >= 4 is 42.6 Å². The minimum atomic E-state index is -1.09. The summed E-state index contributed by atoms with van der Waals surface area (Å²) in [5.74, 6) is -2.70. The molecule has 6 heteroatoms. The van der Waals surface area contributed by atoms with Crippen molar-refractivity contribution in [2.45, 2.75) is 0 Å². The first kappa shape index (κ1) is 11.6. The van der Waals surface area contributed by atoms with Gasteiger partial charge in [0.1, 0.15) is 11.5 Å². The third-order valence-corrected chi connectivity index (χ3v) is 4.26. The Morgan fingerprint density at radius 2 is 1.12 bits per heavy atom. The van der Waals surface area contributed by atoms with Crippen molar-refractivity contribution in [2.75, 3.05) is 0 Å². The number of phenolic OH excluding ortho intramolecular Hbond substituents is 2. The molecule has 2 rings (SSSR count). The molecule has 0 unspecified atom stereocenters. The van der Waals surface area contributed by atoms with Gasteiger partial charge in [0.15, 0.2) is 11.6 Å². The summed E-state index contributed by atoms with van der Waals surface area (Å²) in [4.78, 5) is 0. The lowest BCUT2D eigenvalue weighted by Gasteiger charge is -2.09. The molecule has 0 atom stereocenters. The zero-order valence-corrected chi connectivity index (χ0v) is 10.7. The summed E-state index contributed by atoms with van der Waals surface area (Å²) in [7, 11) is 0. The normalized spacial score (nSPS) is 11.0. The maximum atomic E-state index is 13.0. The number of aromatic hydroxyl groups is 2. The van der Waals surface area contributed by atoms with Crippen molar-refractivity contribution in [1.29, 1.82) is 0 Å². The zero-order chi connectivity index (χ0) is 12.0. The lowest BCUT2D eigenvalue weighted by molar-refractivity contribution is 0.461. The summed E-state index contributed by atoms with van der Waals surface area (Å²) in [6, 6.07) is 1.66. The van der Waals surface area contributed by atoms with E-state index >= 15 is 0 Å². The third kappa shape index (κ3) is 1.56. The number of fused-ring (bicyclic) bond motifs is 1. The molecule has 2 N–H and O–H groups in total. The Hall–Kier alpha value is -0.880. The molecule has 0 heterocycles. The van der Waals surface area contributed by atoms with Crippen molar-refractivity contribution in [3.05, 3.63) is 32.7 Å². The highest BCUT2D eigenvalue weighted by atomic mass is 79.9. The second kappa shape index (κ2) is 3.85. The van der Waals surface area contributed by atoms with Crippen molar-refractivity contribution in [1.82, 2.24) is 0 Å². The number of hydrogen-bond donors (Lipinski definition) is 2. The van der Waals surface area contributed by atoms with Crippen LogP contribution in [0.3, 0.4) is 0 Å². The molecule has 0 aromatic heterocycles. The molecular formula is C10H4Br2F2O2. The Kier molecular flexibility index (Phi) is 2.79. The molecule has 84 valence electrons. The first-order chi connectivity index (χ1) is 7.43. The van der Waals surface area contributed by atoms with Crippen molar-refractivity contribution in [3.63, 3.8) is 0 Å². The maximum Gasteiger partial charge on any atom is 0.159 e. The summed E-state index contributed by atoms with van der Waals surface area (Å²) in [5.41, 5.74) is 0. The molecule has 0 aliphatic carbocycles. The van der Waals surface area contributed by atoms with Gasteiger partial charge < -0.3 is 10.2 Å². The van der Waals surface area contributed by atoms with E-state index in [4.69, 9.17) is 0 Å². The minimum Gasteiger partial charge on any atom is -0.506 e. The van der Waals surface area contributed by atoms with E-state index in [2.05, 4.69) is 31.9 Å². The lowest BCUT2D eigenvalue weighted by Crippen LogP contribution is -1.87. The third-order valence-electron chi connectivity index (χ3n) is 2.18. The maximum absolute atomic E-state index is 13.0. The first-order valence-corrected chi connectivity index (χ1v) is 5.69. The Bertz CT molecular complexity index is 547. The van der Waals surface area contributed by atoms with E-state index in [1.165, 1.54) is 0 Å². The summed E-state index contributed by atoms with van der Waals surface area (Å²) >= 11 is 6.04. The highest BCUT2D eigenvalue weighted by Gasteiger charge is 2.17. The van der Waals surface area contributed by atoms with Gasteiger partial charge in [0, 0.05) is 10.8 Å². The number of phenols is 2. The van der Waals surface area contributed by atoms with Crippen molar-refractivity contribution in [3.8, 4) is 11.5 Å². The second-order valence-electron chi connectivity index (χ2n) is 3.14. The molecular weight excluding hydrogens is 350 g/mol. The first-order valence-electron chi connectivity index (χ1n) is 4.11. The highest BCUT2D eigenvalue weighted by molar-refractivity contribution is 9.13. The van der Waals surface area contributed by atoms with E-state index in [0.29, 0.717) is 0 Å². The molecule has 0 aliphatic heterocycles. The predicted molar refractivity (Wildman–Crippen MR) is 62.6 cm³/mol. The fraction of sp³-hybridized carbons (Fsp3) is 0. The van der Waals surface area contributed by atoms with Gasteiger partial charge in [-0.1, -0.05) is 0 Å². The Labute approximate surface area is 106 Å². The molecule has 0 bridgehead atoms. The molecule has 0 spiro atoms. The van der Waals surface area contributed by atoms with E-state index in [0.717, 1.165) is 12.1 Å². The molecule has 0 amide bonds. The summed E-state index contributed by atoms with van der Waals surface area (Å²) < 4.78 is 26.4. The average molecular weight is 354 g/mol. The monoisotopic (exact) mass is 352 g/mol. The quantitative estimate of drug-likeness (QED) is 0.701. The predicted octanol–water partition coefficient (Wildman–Crippen LogP) is 4.05. The van der Waals surface area contributed by atoms with Crippen LogP contribution in [-0.4, -0.2) is 10.2 Å². The second-order valence-corrected chi connectivity index (χ2v) is 4.72. The Morgan fingerprint density at radius 1 is 0.812 bits per heavy atom. The van der Waals surface area contributed by atoms with Gasteiger partial charge in [-0.25, -0.2) is 8.78 Å². The van der Waals surface area contributed by atoms with Gasteiger partial charge in [-0.2, -0.15) is 0 Å². The summed E-state index contributed by atoms with van der Waals surface area (Å²) in [6.07, 6.45) is 0. The van der Waals surface area contributed by atoms with Crippen LogP contribution in [-0.2, 0) is 0 Å². The van der Waals surface area contributed by atoms with E-state index < -0.39 is 11.6 Å². The molecule has 0 aliphatic rings. The molecule has 2 aromatic rings. The van der Waals surface area contributed by atoms with Crippen LogP contribution in [0.2, 0.25) is 0 Å². The summed E-state index contributed by atoms with van der Waals surface area (Å²) in [5, 5.41) is 19.5. The number of benzene rings is 2. The molecule has 0 saturated carbocycles. The van der Waals surface area contributed by atoms with E-state index in [1.807, 2.05) is 0 Å². The zero-order valence-electron chi connectivity index (χ0n) is 7.56. The topological polar surface area (TPSA) is 40.5 Å². The number of hydrogen-bond acceptors (Lipinski definition) is 2. The average Bonchev–Trinajstić information content (AvgIpc) is 2.26. The van der Waals surface area contributed by atoms with Gasteiger partial charge in [0.25, 0.3) is 0 Å². The van der Waals surface area contributed by atoms with Crippen molar-refractivity contribution in [2.24, 2.45) is 0 Å². The van der Waals surface area contributed by atoms with Crippen LogP contribution in [0.1, 0.15) is 0 Å². The van der Waals surface area contributed by atoms with Gasteiger partial charge in [-0.3, -0.25) is 0 Å². The molecule has 0 fully saturated rings. The molecule has 0 saturated heterocycles. The fourth-order valence-corrected chi connectivity index (χ4v) is 2.19. The van der Waals surface area contributed by atoms with Gasteiger partial charge in [-0.05, 0) is 44.0 Å². The molecule has 0 radical (unpaired) electrons. The SMILES string of the molecule is Oc1c(Br)c(Br)c(O)c2cc(F)c(F)cc12. The van der Waals surface area contributed by atoms with Crippen LogP contribution in [0, 0.1) is 11.6 Å². The van der Waals surface area contributed by atoms with Crippen molar-refractivity contribution < 1.29 is 19.0 Å². The summed E-state index contributed by atoms with van der Waals surface area (Å²) in [6.45, 7) is 0. The van der Waals surface area contributed by atoms with Crippen LogP contribution in [0.5, 0.6) is 11.5 Å². The van der Waals surface area contributed by atoms with Gasteiger partial charge in [0.05, 0.1) is 8.95 Å². The standard InChI is InChI=1S/C10H4Br2F2O2/c11-7-8(12)10(16)4-2-6(14)5(13)1-3(4)9(7)15/h1-2,15-16H. The smallest absolute Gasteiger partial charge is 0.159 e. The van der Waals surface area contributed by atoms with Gasteiger partial charge in [-0.15, -0.1) is 0 Å². The van der Waals surface area contributed by atoms with E-state index in [9.17, 15) is 19.0 Å². The lowest BCUT2D eigenvalue weighted by atomic mass is 10.1. The van der Waals surface area contributed by atoms with Gasteiger partial charge in [0.2, 0.25) is 0 Å². The van der Waals surface area contributed by atoms with E-state index in [-0.39, 0.29) is 31.2 Å². The fourth-order valence-electron chi connectivity index (χ4n) is 1.38. The molecule has 2 aromatic carbocycles. The molecule has 16 heavy (non-hydrogen) atoms. The van der Waals surface area contributed by atoms with Crippen LogP contribution in [0.25, 0.3) is 10.8 Å². The van der Waals surface area contributed by atoms with Gasteiger partial charge >= 0.3 is 0 Å². The minimum absolute atomic E-state index is 0.0338. The number of halogens is 4. The van der Waals surface area contributed by atoms with Crippen LogP contribution < -0.4 is 0 Å². The molecule has 2 nitrogen and oxygen atoms in total. The van der Waals surface area contributed by atoms with E-state index in [1.54, 1.807) is 0 Å². The Balaban J connectivity index is 3.02. The van der Waals surface area contributed by atoms with Crippen LogP contribution >= 0.6 is 31.9 Å². The Morgan fingerprint density at radius 3 is 1.44 bits per heavy atom. The highest BCUT2D eigenvalue weighted by Crippen LogP contribution is 2.45. The van der Waals surface area contributed by atoms with Crippen LogP contribution in [0.4, 0.5) is 8.78 Å². The number of rotatable bonds is 0. The largest absolute Gasteiger partial charge is 0.506 e. The van der Waals surface area contributed by atoms with Crippen LogP contribution in [0.15, 0.2) is 21.1 Å².